The maximum Gasteiger partial charge on any atom is 0.0831 e. The molecule has 1 saturated heterocycles. The number of hydrogen-bond donors (Lipinski definition) is 0. The van der Waals surface area contributed by atoms with Crippen LogP contribution in [0.25, 0.3) is 21.5 Å². The summed E-state index contributed by atoms with van der Waals surface area (Å²) in [5, 5.41) is 5.31. The van der Waals surface area contributed by atoms with Crippen LogP contribution in [0.4, 0.5) is 0 Å². The quantitative estimate of drug-likeness (QED) is 0.398. The van der Waals surface area contributed by atoms with E-state index < -0.39 is 0 Å². The van der Waals surface area contributed by atoms with Crippen LogP contribution in [0.1, 0.15) is 36.0 Å². The minimum Gasteiger partial charge on any atom is -0.373 e. The lowest BCUT2D eigenvalue weighted by Gasteiger charge is -2.31. The molecule has 0 spiro atoms. The molecule has 128 valence electrons. The number of hydrogen-bond acceptors (Lipinski definition) is 1. The highest BCUT2D eigenvalue weighted by atomic mass is 16.5. The highest BCUT2D eigenvalue weighted by Crippen LogP contribution is 2.39. The van der Waals surface area contributed by atoms with Crippen LogP contribution in [0.15, 0.2) is 84.9 Å². The molecule has 0 N–H and O–H groups in total. The average Bonchev–Trinajstić information content (AvgIpc) is 2.73. The Morgan fingerprint density at radius 2 is 1.15 bits per heavy atom. The molecule has 1 aliphatic rings. The van der Waals surface area contributed by atoms with E-state index in [1.165, 1.54) is 39.1 Å². The zero-order valence-electron chi connectivity index (χ0n) is 14.8. The van der Waals surface area contributed by atoms with Crippen molar-refractivity contribution in [1.29, 1.82) is 0 Å². The van der Waals surface area contributed by atoms with Crippen molar-refractivity contribution in [2.24, 2.45) is 0 Å². The van der Waals surface area contributed by atoms with E-state index in [0.29, 0.717) is 5.92 Å². The number of ether oxygens (including phenoxy) is 1. The third-order valence-corrected chi connectivity index (χ3v) is 5.71. The summed E-state index contributed by atoms with van der Waals surface area (Å²) < 4.78 is 6.39. The Bertz CT molecular complexity index is 960. The van der Waals surface area contributed by atoms with Gasteiger partial charge in [-0.05, 0) is 45.5 Å². The minimum absolute atomic E-state index is 0.201. The first kappa shape index (κ1) is 15.6. The SMILES string of the molecule is c1ccc2c(C3CCC(c4cccc5ccccc45)OC3)cccc2c1. The zero-order chi connectivity index (χ0) is 17.3. The highest BCUT2D eigenvalue weighted by Gasteiger charge is 2.26. The standard InChI is InChI=1S/C25H22O/c1-3-11-21-18(7-1)9-5-13-23(21)20-15-16-25(26-17-20)24-14-6-10-19-8-2-4-12-22(19)24/h1-14,20,25H,15-17H2. The number of fused-ring (bicyclic) bond motifs is 2. The van der Waals surface area contributed by atoms with E-state index in [-0.39, 0.29) is 6.10 Å². The van der Waals surface area contributed by atoms with E-state index >= 15 is 0 Å². The molecule has 4 aromatic carbocycles. The lowest BCUT2D eigenvalue weighted by molar-refractivity contribution is 0.00350. The fourth-order valence-corrected chi connectivity index (χ4v) is 4.38. The third-order valence-electron chi connectivity index (χ3n) is 5.71. The molecule has 1 aliphatic heterocycles. The van der Waals surface area contributed by atoms with E-state index in [0.717, 1.165) is 13.0 Å². The van der Waals surface area contributed by atoms with Crippen LogP contribution in [-0.4, -0.2) is 6.61 Å². The van der Waals surface area contributed by atoms with Crippen molar-refractivity contribution >= 4 is 21.5 Å². The molecule has 1 nitrogen and oxygen atoms in total. The minimum atomic E-state index is 0.201. The van der Waals surface area contributed by atoms with E-state index in [9.17, 15) is 0 Å². The van der Waals surface area contributed by atoms with E-state index in [1.807, 2.05) is 0 Å². The summed E-state index contributed by atoms with van der Waals surface area (Å²) in [6.45, 7) is 0.794. The molecule has 0 aromatic heterocycles. The fraction of sp³-hybridized carbons (Fsp3) is 0.200. The molecule has 26 heavy (non-hydrogen) atoms. The Kier molecular flexibility index (Phi) is 3.95. The number of benzene rings is 4. The molecule has 2 atom stereocenters. The Morgan fingerprint density at radius 3 is 1.81 bits per heavy atom. The molecule has 0 bridgehead atoms. The van der Waals surface area contributed by atoms with Crippen LogP contribution >= 0.6 is 0 Å². The van der Waals surface area contributed by atoms with Crippen molar-refractivity contribution in [3.63, 3.8) is 0 Å². The summed E-state index contributed by atoms with van der Waals surface area (Å²) >= 11 is 0. The smallest absolute Gasteiger partial charge is 0.0831 e. The molecule has 0 aliphatic carbocycles. The van der Waals surface area contributed by atoms with Gasteiger partial charge >= 0.3 is 0 Å². The van der Waals surface area contributed by atoms with Gasteiger partial charge in [-0.1, -0.05) is 84.9 Å². The van der Waals surface area contributed by atoms with Gasteiger partial charge in [-0.25, -0.2) is 0 Å². The summed E-state index contributed by atoms with van der Waals surface area (Å²) in [4.78, 5) is 0. The zero-order valence-corrected chi connectivity index (χ0v) is 14.8. The van der Waals surface area contributed by atoms with Crippen molar-refractivity contribution in [2.45, 2.75) is 24.9 Å². The molecular weight excluding hydrogens is 316 g/mol. The second kappa shape index (κ2) is 6.59. The van der Waals surface area contributed by atoms with Crippen LogP contribution in [0.5, 0.6) is 0 Å². The predicted octanol–water partition coefficient (Wildman–Crippen LogP) is 6.63. The van der Waals surface area contributed by atoms with Gasteiger partial charge in [0.25, 0.3) is 0 Å². The molecule has 4 aromatic rings. The second-order valence-electron chi connectivity index (χ2n) is 7.23. The Labute approximate surface area is 154 Å². The molecule has 1 fully saturated rings. The summed E-state index contributed by atoms with van der Waals surface area (Å²) in [5.74, 6) is 0.479. The normalized spacial score (nSPS) is 20.5. The monoisotopic (exact) mass is 338 g/mol. The fourth-order valence-electron chi connectivity index (χ4n) is 4.38. The van der Waals surface area contributed by atoms with Crippen molar-refractivity contribution in [3.05, 3.63) is 96.1 Å². The van der Waals surface area contributed by atoms with Gasteiger partial charge in [-0.15, -0.1) is 0 Å². The Balaban J connectivity index is 1.42. The summed E-state index contributed by atoms with van der Waals surface area (Å²) in [6, 6.07) is 30.5. The molecule has 1 heterocycles. The molecule has 2 unspecified atom stereocenters. The van der Waals surface area contributed by atoms with Crippen molar-refractivity contribution in [1.82, 2.24) is 0 Å². The van der Waals surface area contributed by atoms with Gasteiger partial charge in [-0.2, -0.15) is 0 Å². The van der Waals surface area contributed by atoms with Gasteiger partial charge < -0.3 is 4.74 Å². The van der Waals surface area contributed by atoms with Crippen LogP contribution in [0, 0.1) is 0 Å². The summed E-state index contributed by atoms with van der Waals surface area (Å²) in [5.41, 5.74) is 2.76. The first-order chi connectivity index (χ1) is 12.9. The van der Waals surface area contributed by atoms with Crippen molar-refractivity contribution in [2.75, 3.05) is 6.61 Å². The summed E-state index contributed by atoms with van der Waals surface area (Å²) in [7, 11) is 0. The van der Waals surface area contributed by atoms with Gasteiger partial charge in [0.15, 0.2) is 0 Å². The second-order valence-corrected chi connectivity index (χ2v) is 7.23. The Hall–Kier alpha value is -2.64. The highest BCUT2D eigenvalue weighted by molar-refractivity contribution is 5.87. The maximum atomic E-state index is 6.39. The maximum absolute atomic E-state index is 6.39. The van der Waals surface area contributed by atoms with E-state index in [1.54, 1.807) is 0 Å². The molecular formula is C25H22O. The Morgan fingerprint density at radius 1 is 0.577 bits per heavy atom. The van der Waals surface area contributed by atoms with Gasteiger partial charge in [-0.3, -0.25) is 0 Å². The summed E-state index contributed by atoms with van der Waals surface area (Å²) in [6.07, 6.45) is 2.44. The molecule has 5 rings (SSSR count). The largest absolute Gasteiger partial charge is 0.373 e. The van der Waals surface area contributed by atoms with E-state index in [4.69, 9.17) is 4.74 Å². The molecule has 1 heteroatoms. The van der Waals surface area contributed by atoms with Crippen LogP contribution in [0.3, 0.4) is 0 Å². The van der Waals surface area contributed by atoms with Crippen LogP contribution in [-0.2, 0) is 4.74 Å². The molecule has 0 saturated carbocycles. The third kappa shape index (κ3) is 2.69. The van der Waals surface area contributed by atoms with Gasteiger partial charge in [0.05, 0.1) is 12.7 Å². The average molecular weight is 338 g/mol. The first-order valence-electron chi connectivity index (χ1n) is 9.47. The molecule has 0 amide bonds. The van der Waals surface area contributed by atoms with Crippen molar-refractivity contribution < 1.29 is 4.74 Å². The van der Waals surface area contributed by atoms with Crippen LogP contribution < -0.4 is 0 Å². The topological polar surface area (TPSA) is 9.23 Å². The lowest BCUT2D eigenvalue weighted by atomic mass is 9.86. The van der Waals surface area contributed by atoms with Gasteiger partial charge in [0.1, 0.15) is 0 Å². The van der Waals surface area contributed by atoms with E-state index in [2.05, 4.69) is 84.9 Å². The number of rotatable bonds is 2. The lowest BCUT2D eigenvalue weighted by Crippen LogP contribution is -2.19. The van der Waals surface area contributed by atoms with Crippen LogP contribution in [0.2, 0.25) is 0 Å². The molecule has 0 radical (unpaired) electrons. The van der Waals surface area contributed by atoms with Crippen molar-refractivity contribution in [3.8, 4) is 0 Å². The first-order valence-corrected chi connectivity index (χ1v) is 9.47. The van der Waals surface area contributed by atoms with Gasteiger partial charge in [0.2, 0.25) is 0 Å². The van der Waals surface area contributed by atoms with Gasteiger partial charge in [0, 0.05) is 5.92 Å². The predicted molar refractivity (Wildman–Crippen MR) is 109 cm³/mol.